The van der Waals surface area contributed by atoms with Crippen molar-refractivity contribution in [3.8, 4) is 0 Å². The Bertz CT molecular complexity index is 1410. The molecule has 0 amide bonds. The van der Waals surface area contributed by atoms with E-state index in [4.69, 9.17) is 0 Å². The van der Waals surface area contributed by atoms with Crippen LogP contribution in [0.25, 0.3) is 10.9 Å². The number of nitrogens with one attached hydrogen (secondary N) is 1. The molecule has 190 valence electrons. The van der Waals surface area contributed by atoms with Gasteiger partial charge in [-0.25, -0.2) is 13.1 Å². The third-order valence-corrected chi connectivity index (χ3v) is 10.8. The van der Waals surface area contributed by atoms with E-state index in [0.29, 0.717) is 16.7 Å². The minimum atomic E-state index is -3.80. The fraction of sp³-hybridized carbons (Fsp3) is 0.433. The van der Waals surface area contributed by atoms with Gasteiger partial charge in [-0.3, -0.25) is 9.88 Å². The van der Waals surface area contributed by atoms with E-state index in [1.54, 1.807) is 6.20 Å². The van der Waals surface area contributed by atoms with Crippen LogP contribution >= 0.6 is 0 Å². The minimum absolute atomic E-state index is 0.0776. The molecule has 0 spiro atoms. The number of aromatic nitrogens is 1. The molecule has 5 unspecified atom stereocenters. The van der Waals surface area contributed by atoms with Crippen molar-refractivity contribution in [1.29, 1.82) is 0 Å². The van der Waals surface area contributed by atoms with Crippen LogP contribution in [0.3, 0.4) is 0 Å². The van der Waals surface area contributed by atoms with Crippen LogP contribution < -0.4 is 4.72 Å². The Hall–Kier alpha value is -2.54. The molecular formula is C30H37N3O2S. The Morgan fingerprint density at radius 3 is 2.33 bits per heavy atom. The van der Waals surface area contributed by atoms with Crippen molar-refractivity contribution >= 4 is 20.9 Å². The zero-order valence-corrected chi connectivity index (χ0v) is 22.8. The minimum Gasteiger partial charge on any atom is -0.298 e. The van der Waals surface area contributed by atoms with Crippen molar-refractivity contribution in [2.24, 2.45) is 11.8 Å². The first kappa shape index (κ1) is 25.1. The van der Waals surface area contributed by atoms with Crippen LogP contribution in [0.4, 0.5) is 0 Å². The summed E-state index contributed by atoms with van der Waals surface area (Å²) in [5.74, 6) is 0.998. The number of sulfonamides is 1. The fourth-order valence-corrected chi connectivity index (χ4v) is 8.41. The molecule has 3 fully saturated rings. The Kier molecular flexibility index (Phi) is 6.56. The zero-order valence-electron chi connectivity index (χ0n) is 22.0. The first-order chi connectivity index (χ1) is 17.1. The highest BCUT2D eigenvalue weighted by molar-refractivity contribution is 7.89. The molecule has 2 bridgehead atoms. The lowest BCUT2D eigenvalue weighted by Gasteiger charge is -2.51. The first-order valence-corrected chi connectivity index (χ1v) is 14.4. The van der Waals surface area contributed by atoms with Gasteiger partial charge in [-0.2, -0.15) is 0 Å². The number of benzene rings is 2. The van der Waals surface area contributed by atoms with Crippen molar-refractivity contribution in [3.05, 3.63) is 82.6 Å². The van der Waals surface area contributed by atoms with E-state index in [9.17, 15) is 8.42 Å². The van der Waals surface area contributed by atoms with Crippen LogP contribution in [0.5, 0.6) is 0 Å². The molecule has 5 atom stereocenters. The topological polar surface area (TPSA) is 62.3 Å². The second-order valence-electron chi connectivity index (χ2n) is 10.7. The van der Waals surface area contributed by atoms with Crippen LogP contribution in [-0.2, 0) is 10.0 Å². The van der Waals surface area contributed by atoms with Crippen LogP contribution in [0.15, 0.2) is 54.1 Å². The highest BCUT2D eigenvalue weighted by atomic mass is 32.2. The summed E-state index contributed by atoms with van der Waals surface area (Å²) in [7, 11) is -3.80. The summed E-state index contributed by atoms with van der Waals surface area (Å²) in [6, 6.07) is 9.72. The van der Waals surface area contributed by atoms with Gasteiger partial charge in [0.05, 0.1) is 16.5 Å². The number of nitrogens with zero attached hydrogens (tertiary/aromatic N) is 2. The molecule has 3 saturated heterocycles. The van der Waals surface area contributed by atoms with Gasteiger partial charge in [-0.05, 0) is 111 Å². The van der Waals surface area contributed by atoms with E-state index in [1.807, 2.05) is 52.0 Å². The van der Waals surface area contributed by atoms with Gasteiger partial charge in [0.15, 0.2) is 0 Å². The Balaban J connectivity index is 1.65. The number of hydrogen-bond acceptors (Lipinski definition) is 4. The third kappa shape index (κ3) is 4.09. The van der Waals surface area contributed by atoms with Crippen LogP contribution in [0.1, 0.15) is 52.3 Å². The zero-order chi connectivity index (χ0) is 25.8. The molecule has 0 radical (unpaired) electrons. The van der Waals surface area contributed by atoms with Gasteiger partial charge in [0, 0.05) is 24.2 Å². The summed E-state index contributed by atoms with van der Waals surface area (Å²) in [6.07, 6.45) is 5.97. The van der Waals surface area contributed by atoms with Gasteiger partial charge in [0.25, 0.3) is 0 Å². The second-order valence-corrected chi connectivity index (χ2v) is 12.4. The van der Waals surface area contributed by atoms with E-state index >= 15 is 0 Å². The van der Waals surface area contributed by atoms with Crippen molar-refractivity contribution in [1.82, 2.24) is 14.6 Å². The van der Waals surface area contributed by atoms with Gasteiger partial charge >= 0.3 is 0 Å². The molecule has 36 heavy (non-hydrogen) atoms. The molecule has 6 rings (SSSR count). The number of fused-ring (bicyclic) bond motifs is 4. The smallest absolute Gasteiger partial charge is 0.241 e. The van der Waals surface area contributed by atoms with Gasteiger partial charge in [-0.15, -0.1) is 6.58 Å². The van der Waals surface area contributed by atoms with E-state index in [-0.39, 0.29) is 12.1 Å². The molecule has 4 heterocycles. The quantitative estimate of drug-likeness (QED) is 0.439. The molecule has 0 saturated carbocycles. The number of pyridine rings is 1. The second kappa shape index (κ2) is 9.40. The maximum atomic E-state index is 14.2. The lowest BCUT2D eigenvalue weighted by molar-refractivity contribution is 0.00490. The van der Waals surface area contributed by atoms with Crippen LogP contribution in [-0.4, -0.2) is 37.4 Å². The van der Waals surface area contributed by atoms with Crippen LogP contribution in [0, 0.1) is 46.5 Å². The fourth-order valence-electron chi connectivity index (χ4n) is 6.56. The molecule has 5 nitrogen and oxygen atoms in total. The SMILES string of the molecule is C=CC1CN2CCC1CC2C(NS(=O)(=O)c1c(C)c(C)c(C)c(C)c1C)c1ccnc2ccccc12. The molecule has 6 heteroatoms. The molecule has 1 N–H and O–H groups in total. The summed E-state index contributed by atoms with van der Waals surface area (Å²) in [5.41, 5.74) is 6.78. The monoisotopic (exact) mass is 503 g/mol. The first-order valence-electron chi connectivity index (χ1n) is 12.9. The lowest BCUT2D eigenvalue weighted by Crippen LogP contribution is -2.57. The highest BCUT2D eigenvalue weighted by Gasteiger charge is 2.44. The van der Waals surface area contributed by atoms with Crippen molar-refractivity contribution < 1.29 is 8.42 Å². The predicted octanol–water partition coefficient (Wildman–Crippen LogP) is 5.69. The maximum Gasteiger partial charge on any atom is 0.241 e. The highest BCUT2D eigenvalue weighted by Crippen LogP contribution is 2.43. The summed E-state index contributed by atoms with van der Waals surface area (Å²) in [4.78, 5) is 7.45. The van der Waals surface area contributed by atoms with E-state index < -0.39 is 10.0 Å². The molecule has 3 aliphatic heterocycles. The summed E-state index contributed by atoms with van der Waals surface area (Å²) < 4.78 is 31.7. The number of para-hydroxylation sites is 1. The van der Waals surface area contributed by atoms with Crippen molar-refractivity contribution in [2.75, 3.05) is 13.1 Å². The number of rotatable bonds is 6. The molecule has 2 aromatic carbocycles. The van der Waals surface area contributed by atoms with E-state index in [0.717, 1.165) is 70.2 Å². The summed E-state index contributed by atoms with van der Waals surface area (Å²) >= 11 is 0. The van der Waals surface area contributed by atoms with Crippen molar-refractivity contribution in [3.63, 3.8) is 0 Å². The average Bonchev–Trinajstić information content (AvgIpc) is 2.89. The van der Waals surface area contributed by atoms with Gasteiger partial charge in [0.1, 0.15) is 0 Å². The summed E-state index contributed by atoms with van der Waals surface area (Å²) in [6.45, 7) is 16.0. The Morgan fingerprint density at radius 1 is 1.03 bits per heavy atom. The van der Waals surface area contributed by atoms with E-state index in [1.165, 1.54) is 0 Å². The number of hydrogen-bond donors (Lipinski definition) is 1. The number of piperidine rings is 3. The Labute approximate surface area is 215 Å². The maximum absolute atomic E-state index is 14.2. The molecule has 1 aromatic heterocycles. The predicted molar refractivity (Wildman–Crippen MR) is 147 cm³/mol. The standard InChI is InChI=1S/C30H37N3O2S/c1-7-23-17-33-15-13-24(23)16-28(33)29(26-12-14-31-27-11-9-8-10-25(26)27)32-36(34,35)30-21(5)19(3)18(2)20(4)22(30)6/h7-12,14,23-24,28-29,32H,1,13,15-17H2,2-6H3. The normalized spacial score (nSPS) is 24.7. The molecule has 0 aliphatic carbocycles. The van der Waals surface area contributed by atoms with Gasteiger partial charge in [-0.1, -0.05) is 24.3 Å². The Morgan fingerprint density at radius 2 is 1.69 bits per heavy atom. The molecular weight excluding hydrogens is 466 g/mol. The molecule has 3 aliphatic rings. The third-order valence-electron chi connectivity index (χ3n) is 9.04. The lowest BCUT2D eigenvalue weighted by atomic mass is 9.73. The molecule has 3 aromatic rings. The van der Waals surface area contributed by atoms with Gasteiger partial charge < -0.3 is 0 Å². The van der Waals surface area contributed by atoms with E-state index in [2.05, 4.69) is 40.3 Å². The van der Waals surface area contributed by atoms with Crippen molar-refractivity contribution in [2.45, 2.75) is 64.4 Å². The summed E-state index contributed by atoms with van der Waals surface area (Å²) in [5, 5.41) is 1.00. The van der Waals surface area contributed by atoms with Crippen LogP contribution in [0.2, 0.25) is 0 Å². The van der Waals surface area contributed by atoms with Gasteiger partial charge in [0.2, 0.25) is 10.0 Å². The average molecular weight is 504 g/mol. The largest absolute Gasteiger partial charge is 0.298 e.